The van der Waals surface area contributed by atoms with Crippen molar-refractivity contribution in [3.63, 3.8) is 0 Å². The molecular weight excluding hydrogens is 285 g/mol. The van der Waals surface area contributed by atoms with E-state index in [4.69, 9.17) is 5.73 Å². The number of phenols is 1. The Kier molecular flexibility index (Phi) is 5.60. The van der Waals surface area contributed by atoms with Crippen molar-refractivity contribution < 1.29 is 23.1 Å². The molecule has 0 aliphatic rings. The van der Waals surface area contributed by atoms with Gasteiger partial charge in [-0.2, -0.15) is 13.2 Å². The Bertz CT molecular complexity index is 501. The summed E-state index contributed by atoms with van der Waals surface area (Å²) in [6, 6.07) is 2.36. The zero-order chi connectivity index (χ0) is 16.2. The maximum atomic E-state index is 12.6. The van der Waals surface area contributed by atoms with Crippen LogP contribution in [0.3, 0.4) is 0 Å². The van der Waals surface area contributed by atoms with Crippen LogP contribution in [-0.4, -0.2) is 17.6 Å². The topological polar surface area (TPSA) is 75.4 Å². The number of hydrogen-bond acceptors (Lipinski definition) is 3. The molecule has 0 saturated heterocycles. The lowest BCUT2D eigenvalue weighted by molar-refractivity contribution is -0.137. The molecule has 0 aliphatic carbocycles. The molecule has 0 radical (unpaired) electrons. The minimum absolute atomic E-state index is 0.0870. The highest BCUT2D eigenvalue weighted by atomic mass is 19.4. The van der Waals surface area contributed by atoms with Gasteiger partial charge in [0.2, 0.25) is 5.91 Å². The predicted molar refractivity (Wildman–Crippen MR) is 73.7 cm³/mol. The first-order chi connectivity index (χ1) is 9.65. The second kappa shape index (κ2) is 6.80. The number of carbonyl (C=O) groups is 1. The number of aromatic hydroxyl groups is 1. The number of phenolic OH excluding ortho intramolecular Hbond substituents is 1. The smallest absolute Gasteiger partial charge is 0.416 e. The standard InChI is InChI=1S/C14H19F3N2O2/c1-8(2)5-9(7-18)13(21)19-11-6-10(14(15,16)17)3-4-12(11)20/h3-4,6,8-9,20H,5,7,18H2,1-2H3,(H,19,21). The Morgan fingerprint density at radius 3 is 2.48 bits per heavy atom. The fourth-order valence-electron chi connectivity index (χ4n) is 1.93. The zero-order valence-corrected chi connectivity index (χ0v) is 11.9. The summed E-state index contributed by atoms with van der Waals surface area (Å²) < 4.78 is 37.9. The van der Waals surface area contributed by atoms with Gasteiger partial charge in [0.05, 0.1) is 17.2 Å². The van der Waals surface area contributed by atoms with Gasteiger partial charge in [0.1, 0.15) is 5.75 Å². The molecule has 1 amide bonds. The fourth-order valence-corrected chi connectivity index (χ4v) is 1.93. The van der Waals surface area contributed by atoms with E-state index in [0.717, 1.165) is 12.1 Å². The Morgan fingerprint density at radius 2 is 2.00 bits per heavy atom. The molecule has 0 aromatic heterocycles. The summed E-state index contributed by atoms with van der Waals surface area (Å²) in [5, 5.41) is 11.9. The van der Waals surface area contributed by atoms with Gasteiger partial charge in [0.15, 0.2) is 0 Å². The molecule has 4 N–H and O–H groups in total. The largest absolute Gasteiger partial charge is 0.506 e. The highest BCUT2D eigenvalue weighted by Gasteiger charge is 2.31. The Morgan fingerprint density at radius 1 is 1.38 bits per heavy atom. The highest BCUT2D eigenvalue weighted by molar-refractivity contribution is 5.94. The molecule has 4 nitrogen and oxygen atoms in total. The lowest BCUT2D eigenvalue weighted by Gasteiger charge is -2.18. The van der Waals surface area contributed by atoms with Gasteiger partial charge in [0.25, 0.3) is 0 Å². The summed E-state index contributed by atoms with van der Waals surface area (Å²) in [7, 11) is 0. The normalized spacial score (nSPS) is 13.3. The summed E-state index contributed by atoms with van der Waals surface area (Å²) >= 11 is 0. The summed E-state index contributed by atoms with van der Waals surface area (Å²) in [6.07, 6.45) is -4.03. The first-order valence-corrected chi connectivity index (χ1v) is 6.56. The van der Waals surface area contributed by atoms with E-state index in [1.807, 2.05) is 13.8 Å². The zero-order valence-electron chi connectivity index (χ0n) is 11.9. The van der Waals surface area contributed by atoms with Crippen LogP contribution in [-0.2, 0) is 11.0 Å². The molecule has 1 aromatic rings. The summed E-state index contributed by atoms with van der Waals surface area (Å²) in [6.45, 7) is 3.92. The van der Waals surface area contributed by atoms with Crippen LogP contribution in [0.2, 0.25) is 0 Å². The van der Waals surface area contributed by atoms with Crippen LogP contribution in [0.15, 0.2) is 18.2 Å². The van der Waals surface area contributed by atoms with Crippen LogP contribution in [0.5, 0.6) is 5.75 Å². The number of benzene rings is 1. The number of anilines is 1. The van der Waals surface area contributed by atoms with Crippen molar-refractivity contribution in [2.24, 2.45) is 17.6 Å². The van der Waals surface area contributed by atoms with Crippen LogP contribution in [0, 0.1) is 11.8 Å². The van der Waals surface area contributed by atoms with Crippen molar-refractivity contribution in [2.45, 2.75) is 26.4 Å². The van der Waals surface area contributed by atoms with Crippen LogP contribution in [0.1, 0.15) is 25.8 Å². The van der Waals surface area contributed by atoms with Gasteiger partial charge in [-0.3, -0.25) is 4.79 Å². The maximum Gasteiger partial charge on any atom is 0.416 e. The summed E-state index contributed by atoms with van der Waals surface area (Å²) in [5.41, 5.74) is 4.30. The molecule has 0 aliphatic heterocycles. The molecule has 118 valence electrons. The Hall–Kier alpha value is -1.76. The van der Waals surface area contributed by atoms with E-state index in [1.165, 1.54) is 0 Å². The molecule has 0 bridgehead atoms. The molecule has 21 heavy (non-hydrogen) atoms. The molecule has 7 heteroatoms. The van der Waals surface area contributed by atoms with Crippen molar-refractivity contribution in [2.75, 3.05) is 11.9 Å². The highest BCUT2D eigenvalue weighted by Crippen LogP contribution is 2.34. The van der Waals surface area contributed by atoms with Crippen molar-refractivity contribution >= 4 is 11.6 Å². The number of halogens is 3. The molecule has 1 atom stereocenters. The maximum absolute atomic E-state index is 12.6. The first-order valence-electron chi connectivity index (χ1n) is 6.56. The summed E-state index contributed by atoms with van der Waals surface area (Å²) in [5.74, 6) is -1.21. The van der Waals surface area contributed by atoms with E-state index in [1.54, 1.807) is 0 Å². The number of rotatable bonds is 5. The fraction of sp³-hybridized carbons (Fsp3) is 0.500. The minimum atomic E-state index is -4.54. The number of carbonyl (C=O) groups excluding carboxylic acids is 1. The average molecular weight is 304 g/mol. The van der Waals surface area contributed by atoms with Gasteiger partial charge in [-0.05, 0) is 30.5 Å². The van der Waals surface area contributed by atoms with Gasteiger partial charge in [-0.25, -0.2) is 0 Å². The number of nitrogens with one attached hydrogen (secondary N) is 1. The second-order valence-electron chi connectivity index (χ2n) is 5.28. The molecule has 1 rings (SSSR count). The predicted octanol–water partition coefficient (Wildman–Crippen LogP) is 2.97. The summed E-state index contributed by atoms with van der Waals surface area (Å²) in [4.78, 5) is 12.0. The molecular formula is C14H19F3N2O2. The van der Waals surface area contributed by atoms with Crippen molar-refractivity contribution in [3.8, 4) is 5.75 Å². The van der Waals surface area contributed by atoms with Crippen molar-refractivity contribution in [3.05, 3.63) is 23.8 Å². The number of hydrogen-bond donors (Lipinski definition) is 3. The molecule has 1 aromatic carbocycles. The van der Waals surface area contributed by atoms with Gasteiger partial charge < -0.3 is 16.2 Å². The average Bonchev–Trinajstić information content (AvgIpc) is 2.36. The third-order valence-electron chi connectivity index (χ3n) is 2.99. The van der Waals surface area contributed by atoms with E-state index in [9.17, 15) is 23.1 Å². The second-order valence-corrected chi connectivity index (χ2v) is 5.28. The molecule has 0 saturated carbocycles. The molecule has 0 spiro atoms. The number of amides is 1. The molecule has 0 fully saturated rings. The lowest BCUT2D eigenvalue weighted by atomic mass is 9.96. The van der Waals surface area contributed by atoms with Crippen LogP contribution >= 0.6 is 0 Å². The number of nitrogens with two attached hydrogens (primary N) is 1. The van der Waals surface area contributed by atoms with Gasteiger partial charge in [0, 0.05) is 6.54 Å². The quantitative estimate of drug-likeness (QED) is 0.732. The van der Waals surface area contributed by atoms with Crippen molar-refractivity contribution in [1.29, 1.82) is 0 Å². The third-order valence-corrected chi connectivity index (χ3v) is 2.99. The van der Waals surface area contributed by atoms with E-state index in [-0.39, 0.29) is 18.2 Å². The van der Waals surface area contributed by atoms with Crippen LogP contribution in [0.4, 0.5) is 18.9 Å². The monoisotopic (exact) mass is 304 g/mol. The Labute approximate surface area is 121 Å². The first kappa shape index (κ1) is 17.3. The van der Waals surface area contributed by atoms with E-state index < -0.39 is 29.3 Å². The van der Waals surface area contributed by atoms with E-state index >= 15 is 0 Å². The van der Waals surface area contributed by atoms with Gasteiger partial charge in [-0.1, -0.05) is 13.8 Å². The van der Waals surface area contributed by atoms with E-state index in [2.05, 4.69) is 5.32 Å². The van der Waals surface area contributed by atoms with Gasteiger partial charge in [-0.15, -0.1) is 0 Å². The van der Waals surface area contributed by atoms with Gasteiger partial charge >= 0.3 is 6.18 Å². The molecule has 0 heterocycles. The van der Waals surface area contributed by atoms with Crippen LogP contribution < -0.4 is 11.1 Å². The lowest BCUT2D eigenvalue weighted by Crippen LogP contribution is -2.30. The van der Waals surface area contributed by atoms with Crippen molar-refractivity contribution in [1.82, 2.24) is 0 Å². The Balaban J connectivity index is 2.93. The molecule has 1 unspecified atom stereocenters. The van der Waals surface area contributed by atoms with E-state index in [0.29, 0.717) is 12.5 Å². The minimum Gasteiger partial charge on any atom is -0.506 e. The number of alkyl halides is 3. The third kappa shape index (κ3) is 4.93. The SMILES string of the molecule is CC(C)CC(CN)C(=O)Nc1cc(C(F)(F)F)ccc1O. The van der Waals surface area contributed by atoms with Crippen LogP contribution in [0.25, 0.3) is 0 Å².